The molecule has 2 aromatic carbocycles. The maximum absolute atomic E-state index is 12.6. The SMILES string of the molecule is C.C.CC(C)(C)OC(=O)N1CCC(Oc2ccc(C=O)c(O)c2)CC1.CC(C)(C)OC(=O)N1CCC(Oc2ccc(C=O)c(OS(=O)(=O)C(F)(F)F)c2)CC1. The topological polar surface area (TPSA) is 175 Å². The molecule has 0 radical (unpaired) electrons. The number of piperidine rings is 2. The minimum Gasteiger partial charge on any atom is -0.507 e. The maximum atomic E-state index is 12.6. The van der Waals surface area contributed by atoms with E-state index in [-0.39, 0.29) is 62.1 Å². The lowest BCUT2D eigenvalue weighted by Gasteiger charge is -2.33. The monoisotopic (exact) mass is 806 g/mol. The third kappa shape index (κ3) is 15.1. The van der Waals surface area contributed by atoms with Crippen LogP contribution in [0.25, 0.3) is 0 Å². The number of phenols is 1. The molecule has 2 fully saturated rings. The zero-order valence-electron chi connectivity index (χ0n) is 30.3. The molecule has 2 aromatic rings. The molecule has 0 spiro atoms. The first-order valence-electron chi connectivity index (χ1n) is 16.7. The Hall–Kier alpha value is -4.74. The molecule has 0 aromatic heterocycles. The molecular formula is C37H53F3N2O12S. The predicted molar refractivity (Wildman–Crippen MR) is 197 cm³/mol. The van der Waals surface area contributed by atoms with E-state index in [0.717, 1.165) is 12.1 Å². The summed E-state index contributed by atoms with van der Waals surface area (Å²) in [5.74, 6) is -0.331. The average Bonchev–Trinajstić information content (AvgIpc) is 3.04. The van der Waals surface area contributed by atoms with Crippen molar-refractivity contribution in [3.63, 3.8) is 0 Å². The first kappa shape index (κ1) is 48.3. The summed E-state index contributed by atoms with van der Waals surface area (Å²) < 4.78 is 86.4. The number of aldehydes is 2. The number of alkyl halides is 3. The summed E-state index contributed by atoms with van der Waals surface area (Å²) in [5.41, 5.74) is -6.91. The molecular weight excluding hydrogens is 753 g/mol. The van der Waals surface area contributed by atoms with Crippen molar-refractivity contribution in [1.82, 2.24) is 9.80 Å². The highest BCUT2D eigenvalue weighted by Gasteiger charge is 2.49. The van der Waals surface area contributed by atoms with Crippen LogP contribution in [-0.4, -0.2) is 103 Å². The lowest BCUT2D eigenvalue weighted by atomic mass is 10.1. The largest absolute Gasteiger partial charge is 0.534 e. The number of aromatic hydroxyl groups is 1. The number of carbonyl (C=O) groups excluding carboxylic acids is 4. The summed E-state index contributed by atoms with van der Waals surface area (Å²) in [6.45, 7) is 12.6. The fraction of sp³-hybridized carbons (Fsp3) is 0.568. The van der Waals surface area contributed by atoms with Gasteiger partial charge in [0.05, 0.1) is 11.1 Å². The maximum Gasteiger partial charge on any atom is 0.534 e. The number of hydrogen-bond donors (Lipinski definition) is 1. The van der Waals surface area contributed by atoms with Gasteiger partial charge in [-0.25, -0.2) is 9.59 Å². The molecule has 310 valence electrons. The number of benzene rings is 2. The van der Waals surface area contributed by atoms with Gasteiger partial charge in [-0.2, -0.15) is 21.6 Å². The molecule has 2 heterocycles. The summed E-state index contributed by atoms with van der Waals surface area (Å²) >= 11 is 0. The van der Waals surface area contributed by atoms with Crippen LogP contribution in [0.2, 0.25) is 0 Å². The van der Waals surface area contributed by atoms with Crippen LogP contribution in [0.1, 0.15) is 103 Å². The van der Waals surface area contributed by atoms with Crippen molar-refractivity contribution in [2.75, 3.05) is 26.2 Å². The summed E-state index contributed by atoms with van der Waals surface area (Å²) in [4.78, 5) is 49.0. The molecule has 2 amide bonds. The fourth-order valence-corrected chi connectivity index (χ4v) is 5.44. The molecule has 0 aliphatic carbocycles. The minimum absolute atomic E-state index is 0. The van der Waals surface area contributed by atoms with Gasteiger partial charge >= 0.3 is 27.8 Å². The summed E-state index contributed by atoms with van der Waals surface area (Å²) in [7, 11) is -5.94. The van der Waals surface area contributed by atoms with Crippen LogP contribution >= 0.6 is 0 Å². The minimum atomic E-state index is -5.94. The van der Waals surface area contributed by atoms with Crippen LogP contribution in [0.4, 0.5) is 22.8 Å². The summed E-state index contributed by atoms with van der Waals surface area (Å²) in [5, 5.41) is 9.66. The quantitative estimate of drug-likeness (QED) is 0.156. The Kier molecular flexibility index (Phi) is 17.3. The van der Waals surface area contributed by atoms with Crippen LogP contribution in [0.15, 0.2) is 36.4 Å². The first-order chi connectivity index (χ1) is 24.5. The number of ether oxygens (including phenoxy) is 4. The van der Waals surface area contributed by atoms with Gasteiger partial charge in [0, 0.05) is 64.0 Å². The lowest BCUT2D eigenvalue weighted by Crippen LogP contribution is -2.44. The highest BCUT2D eigenvalue weighted by molar-refractivity contribution is 7.88. The van der Waals surface area contributed by atoms with E-state index < -0.39 is 38.7 Å². The van der Waals surface area contributed by atoms with Gasteiger partial charge in [-0.3, -0.25) is 9.59 Å². The Balaban J connectivity index is 0.000000547. The molecule has 14 nitrogen and oxygen atoms in total. The van der Waals surface area contributed by atoms with Crippen molar-refractivity contribution in [2.45, 2.75) is 111 Å². The van der Waals surface area contributed by atoms with Gasteiger partial charge in [0.25, 0.3) is 0 Å². The molecule has 2 aliphatic heterocycles. The number of hydrogen-bond acceptors (Lipinski definition) is 12. The number of amides is 2. The van der Waals surface area contributed by atoms with Crippen molar-refractivity contribution in [1.29, 1.82) is 0 Å². The van der Waals surface area contributed by atoms with Crippen molar-refractivity contribution < 1.29 is 69.0 Å². The number of nitrogens with zero attached hydrogens (tertiary/aromatic N) is 2. The molecule has 55 heavy (non-hydrogen) atoms. The normalized spacial score (nSPS) is 15.5. The standard InChI is InChI=1S/C18H22F3NO7S.C17H23NO5.2CH4/c1-17(2,3)28-16(24)22-8-6-13(7-9-22)27-14-5-4-12(11-23)15(10-14)29-30(25,26)18(19,20)21;1-17(2,3)23-16(21)18-8-6-13(7-9-18)22-14-5-4-12(11-19)15(20)10-14;;/h4-5,10-11,13H,6-9H2,1-3H3;4-5,10-11,13,20H,6-9H2,1-3H3;2*1H4. The third-order valence-electron chi connectivity index (χ3n) is 7.52. The van der Waals surface area contributed by atoms with Gasteiger partial charge in [0.1, 0.15) is 40.7 Å². The van der Waals surface area contributed by atoms with E-state index >= 15 is 0 Å². The Labute approximate surface area is 320 Å². The smallest absolute Gasteiger partial charge is 0.507 e. The number of likely N-dealkylation sites (tertiary alicyclic amines) is 2. The van der Waals surface area contributed by atoms with Crippen molar-refractivity contribution in [2.24, 2.45) is 0 Å². The van der Waals surface area contributed by atoms with Crippen molar-refractivity contribution in [3.05, 3.63) is 47.5 Å². The first-order valence-corrected chi connectivity index (χ1v) is 18.1. The Bertz CT molecular complexity index is 1710. The molecule has 1 N–H and O–H groups in total. The van der Waals surface area contributed by atoms with E-state index in [2.05, 4.69) is 4.18 Å². The van der Waals surface area contributed by atoms with Crippen LogP contribution in [0, 0.1) is 0 Å². The molecule has 18 heteroatoms. The van der Waals surface area contributed by atoms with E-state index in [4.69, 9.17) is 18.9 Å². The van der Waals surface area contributed by atoms with Gasteiger partial charge in [-0.15, -0.1) is 0 Å². The van der Waals surface area contributed by atoms with E-state index in [1.165, 1.54) is 23.1 Å². The number of phenolic OH excluding ortho intramolecular Hbond substituents is 1. The molecule has 4 rings (SSSR count). The average molecular weight is 807 g/mol. The van der Waals surface area contributed by atoms with Gasteiger partial charge in [-0.1, -0.05) is 14.9 Å². The van der Waals surface area contributed by atoms with Crippen LogP contribution in [-0.2, 0) is 19.6 Å². The second-order valence-corrected chi connectivity index (χ2v) is 15.7. The number of rotatable bonds is 8. The van der Waals surface area contributed by atoms with E-state index in [1.54, 1.807) is 31.7 Å². The van der Waals surface area contributed by atoms with Gasteiger partial charge in [-0.05, 0) is 65.8 Å². The molecule has 2 saturated heterocycles. The number of carbonyl (C=O) groups is 4. The van der Waals surface area contributed by atoms with Crippen LogP contribution < -0.4 is 13.7 Å². The fourth-order valence-electron chi connectivity index (χ4n) is 4.97. The summed E-state index contributed by atoms with van der Waals surface area (Å²) in [6.07, 6.45) is 1.83. The van der Waals surface area contributed by atoms with E-state index in [1.807, 2.05) is 20.8 Å². The van der Waals surface area contributed by atoms with Gasteiger partial charge in [0.15, 0.2) is 18.3 Å². The predicted octanol–water partition coefficient (Wildman–Crippen LogP) is 7.76. The Morgan fingerprint density at radius 1 is 0.709 bits per heavy atom. The zero-order valence-corrected chi connectivity index (χ0v) is 31.1. The molecule has 2 aliphatic rings. The highest BCUT2D eigenvalue weighted by atomic mass is 32.2. The second kappa shape index (κ2) is 19.7. The van der Waals surface area contributed by atoms with E-state index in [0.29, 0.717) is 63.9 Å². The molecule has 0 bridgehead atoms. The second-order valence-electron chi connectivity index (χ2n) is 14.2. The highest BCUT2D eigenvalue weighted by Crippen LogP contribution is 2.32. The third-order valence-corrected chi connectivity index (χ3v) is 8.48. The van der Waals surface area contributed by atoms with Crippen LogP contribution in [0.5, 0.6) is 23.0 Å². The van der Waals surface area contributed by atoms with E-state index in [9.17, 15) is 45.9 Å². The van der Waals surface area contributed by atoms with Crippen LogP contribution in [0.3, 0.4) is 0 Å². The molecule has 0 saturated carbocycles. The zero-order chi connectivity index (χ0) is 39.8. The van der Waals surface area contributed by atoms with Gasteiger partial charge in [0.2, 0.25) is 0 Å². The Morgan fingerprint density at radius 2 is 1.09 bits per heavy atom. The van der Waals surface area contributed by atoms with Crippen molar-refractivity contribution >= 4 is 34.9 Å². The number of halogens is 3. The lowest BCUT2D eigenvalue weighted by molar-refractivity contribution is -0.0500. The Morgan fingerprint density at radius 3 is 1.44 bits per heavy atom. The molecule has 0 unspecified atom stereocenters. The summed E-state index contributed by atoms with van der Waals surface area (Å²) in [6, 6.07) is 7.94. The van der Waals surface area contributed by atoms with Gasteiger partial charge < -0.3 is 38.0 Å². The molecule has 0 atom stereocenters. The van der Waals surface area contributed by atoms with Crippen molar-refractivity contribution in [3.8, 4) is 23.0 Å².